The van der Waals surface area contributed by atoms with Gasteiger partial charge < -0.3 is 4.98 Å². The van der Waals surface area contributed by atoms with Crippen molar-refractivity contribution in [2.45, 2.75) is 6.92 Å². The van der Waals surface area contributed by atoms with Gasteiger partial charge >= 0.3 is 0 Å². The first-order valence-electron chi connectivity index (χ1n) is 5.20. The molecule has 0 aliphatic rings. The van der Waals surface area contributed by atoms with E-state index in [4.69, 9.17) is 0 Å². The van der Waals surface area contributed by atoms with Crippen molar-refractivity contribution < 1.29 is 0 Å². The third kappa shape index (κ3) is 1.46. The molecule has 1 N–H and O–H groups in total. The molecule has 3 nitrogen and oxygen atoms in total. The minimum absolute atomic E-state index is 0.869. The molecule has 0 unspecified atom stereocenters. The highest BCUT2D eigenvalue weighted by Crippen LogP contribution is 2.20. The summed E-state index contributed by atoms with van der Waals surface area (Å²) in [5.74, 6) is 0.869. The standard InChI is InChI=1S/C13H11N3/c1-9-4-5-11-12(7-9)16-13(15-11)10-3-2-6-14-8-10/h2-8H,1H3,(H,15,16). The summed E-state index contributed by atoms with van der Waals surface area (Å²) in [5.41, 5.74) is 4.29. The number of aromatic amines is 1. The number of aromatic nitrogens is 3. The molecule has 0 spiro atoms. The van der Waals surface area contributed by atoms with Crippen molar-refractivity contribution in [3.8, 4) is 11.4 Å². The van der Waals surface area contributed by atoms with Gasteiger partial charge in [-0.3, -0.25) is 4.98 Å². The number of pyridine rings is 1. The summed E-state index contributed by atoms with van der Waals surface area (Å²) in [6.45, 7) is 2.07. The number of nitrogens with one attached hydrogen (secondary N) is 1. The quantitative estimate of drug-likeness (QED) is 0.669. The van der Waals surface area contributed by atoms with Crippen molar-refractivity contribution in [2.75, 3.05) is 0 Å². The highest BCUT2D eigenvalue weighted by atomic mass is 14.9. The van der Waals surface area contributed by atoms with Crippen LogP contribution in [0.2, 0.25) is 0 Å². The number of fused-ring (bicyclic) bond motifs is 1. The fraction of sp³-hybridized carbons (Fsp3) is 0.0769. The van der Waals surface area contributed by atoms with Crippen LogP contribution in [-0.2, 0) is 0 Å². The van der Waals surface area contributed by atoms with Gasteiger partial charge in [0.1, 0.15) is 5.82 Å². The molecule has 3 rings (SSSR count). The summed E-state index contributed by atoms with van der Waals surface area (Å²) in [4.78, 5) is 11.9. The average Bonchev–Trinajstić information content (AvgIpc) is 2.73. The topological polar surface area (TPSA) is 41.6 Å². The number of hydrogen-bond acceptors (Lipinski definition) is 2. The van der Waals surface area contributed by atoms with E-state index in [-0.39, 0.29) is 0 Å². The van der Waals surface area contributed by atoms with E-state index in [1.54, 1.807) is 6.20 Å². The smallest absolute Gasteiger partial charge is 0.140 e. The number of H-pyrrole nitrogens is 1. The first kappa shape index (κ1) is 9.09. The molecular weight excluding hydrogens is 198 g/mol. The minimum Gasteiger partial charge on any atom is -0.338 e. The Hall–Kier alpha value is -2.16. The Bertz CT molecular complexity index is 626. The van der Waals surface area contributed by atoms with Crippen LogP contribution in [0.1, 0.15) is 5.56 Å². The largest absolute Gasteiger partial charge is 0.338 e. The van der Waals surface area contributed by atoms with Crippen molar-refractivity contribution >= 4 is 11.0 Å². The lowest BCUT2D eigenvalue weighted by Crippen LogP contribution is -1.80. The molecular formula is C13H11N3. The molecule has 0 saturated heterocycles. The van der Waals surface area contributed by atoms with Crippen molar-refractivity contribution in [2.24, 2.45) is 0 Å². The van der Waals surface area contributed by atoms with E-state index in [1.165, 1.54) is 5.56 Å². The normalized spacial score (nSPS) is 10.8. The molecule has 1 aromatic carbocycles. The van der Waals surface area contributed by atoms with E-state index in [0.29, 0.717) is 0 Å². The number of imidazole rings is 1. The second-order valence-corrected chi connectivity index (χ2v) is 3.85. The molecule has 78 valence electrons. The zero-order valence-electron chi connectivity index (χ0n) is 8.94. The van der Waals surface area contributed by atoms with Gasteiger partial charge in [0, 0.05) is 18.0 Å². The van der Waals surface area contributed by atoms with Gasteiger partial charge in [0.05, 0.1) is 11.0 Å². The predicted molar refractivity (Wildman–Crippen MR) is 64.1 cm³/mol. The van der Waals surface area contributed by atoms with Crippen molar-refractivity contribution in [1.82, 2.24) is 15.0 Å². The summed E-state index contributed by atoms with van der Waals surface area (Å²) in [5, 5.41) is 0. The maximum atomic E-state index is 4.55. The van der Waals surface area contributed by atoms with Crippen LogP contribution in [0.5, 0.6) is 0 Å². The van der Waals surface area contributed by atoms with Gasteiger partial charge in [-0.15, -0.1) is 0 Å². The Morgan fingerprint density at radius 2 is 2.12 bits per heavy atom. The van der Waals surface area contributed by atoms with Gasteiger partial charge in [-0.05, 0) is 36.8 Å². The van der Waals surface area contributed by atoms with Crippen LogP contribution in [0.4, 0.5) is 0 Å². The van der Waals surface area contributed by atoms with Crippen LogP contribution in [0, 0.1) is 6.92 Å². The van der Waals surface area contributed by atoms with Crippen molar-refractivity contribution in [1.29, 1.82) is 0 Å². The molecule has 3 heteroatoms. The lowest BCUT2D eigenvalue weighted by Gasteiger charge is -1.92. The fourth-order valence-corrected chi connectivity index (χ4v) is 1.76. The fourth-order valence-electron chi connectivity index (χ4n) is 1.76. The molecule has 2 aromatic heterocycles. The number of aryl methyl sites for hydroxylation is 1. The molecule has 0 aliphatic carbocycles. The second-order valence-electron chi connectivity index (χ2n) is 3.85. The van der Waals surface area contributed by atoms with Gasteiger partial charge in [0.2, 0.25) is 0 Å². The molecule has 3 aromatic rings. The van der Waals surface area contributed by atoms with E-state index in [9.17, 15) is 0 Å². The Morgan fingerprint density at radius 3 is 2.94 bits per heavy atom. The third-order valence-electron chi connectivity index (χ3n) is 2.57. The highest BCUT2D eigenvalue weighted by Gasteiger charge is 2.04. The molecule has 0 aliphatic heterocycles. The zero-order valence-corrected chi connectivity index (χ0v) is 8.94. The maximum absolute atomic E-state index is 4.55. The highest BCUT2D eigenvalue weighted by molar-refractivity contribution is 5.79. The van der Waals surface area contributed by atoms with Gasteiger partial charge in [-0.2, -0.15) is 0 Å². The molecule has 0 amide bonds. The summed E-state index contributed by atoms with van der Waals surface area (Å²) >= 11 is 0. The van der Waals surface area contributed by atoms with Crippen LogP contribution in [-0.4, -0.2) is 15.0 Å². The lowest BCUT2D eigenvalue weighted by atomic mass is 10.2. The number of benzene rings is 1. The maximum Gasteiger partial charge on any atom is 0.140 e. The summed E-state index contributed by atoms with van der Waals surface area (Å²) in [6, 6.07) is 10.1. The van der Waals surface area contributed by atoms with E-state index in [0.717, 1.165) is 22.4 Å². The Morgan fingerprint density at radius 1 is 1.19 bits per heavy atom. The molecule has 16 heavy (non-hydrogen) atoms. The third-order valence-corrected chi connectivity index (χ3v) is 2.57. The summed E-state index contributed by atoms with van der Waals surface area (Å²) in [7, 11) is 0. The van der Waals surface area contributed by atoms with Crippen molar-refractivity contribution in [3.63, 3.8) is 0 Å². The van der Waals surface area contributed by atoms with Crippen molar-refractivity contribution in [3.05, 3.63) is 48.3 Å². The van der Waals surface area contributed by atoms with E-state index < -0.39 is 0 Å². The second kappa shape index (κ2) is 3.45. The monoisotopic (exact) mass is 209 g/mol. The lowest BCUT2D eigenvalue weighted by molar-refractivity contribution is 1.27. The SMILES string of the molecule is Cc1ccc2[nH]c(-c3cccnc3)nc2c1. The van der Waals surface area contributed by atoms with Gasteiger partial charge in [0.25, 0.3) is 0 Å². The van der Waals surface area contributed by atoms with E-state index in [2.05, 4.69) is 40.1 Å². The molecule has 2 heterocycles. The van der Waals surface area contributed by atoms with E-state index in [1.807, 2.05) is 18.3 Å². The number of nitrogens with zero attached hydrogens (tertiary/aromatic N) is 2. The Labute approximate surface area is 93.2 Å². The average molecular weight is 209 g/mol. The van der Waals surface area contributed by atoms with Crippen LogP contribution >= 0.6 is 0 Å². The van der Waals surface area contributed by atoms with Crippen LogP contribution in [0.3, 0.4) is 0 Å². The van der Waals surface area contributed by atoms with Crippen LogP contribution in [0.25, 0.3) is 22.4 Å². The van der Waals surface area contributed by atoms with Crippen LogP contribution < -0.4 is 0 Å². The zero-order chi connectivity index (χ0) is 11.0. The first-order valence-corrected chi connectivity index (χ1v) is 5.20. The Balaban J connectivity index is 2.19. The van der Waals surface area contributed by atoms with Gasteiger partial charge in [-0.25, -0.2) is 4.98 Å². The molecule has 0 fully saturated rings. The van der Waals surface area contributed by atoms with E-state index >= 15 is 0 Å². The predicted octanol–water partition coefficient (Wildman–Crippen LogP) is 2.93. The van der Waals surface area contributed by atoms with Gasteiger partial charge in [0.15, 0.2) is 0 Å². The van der Waals surface area contributed by atoms with Crippen LogP contribution in [0.15, 0.2) is 42.7 Å². The number of rotatable bonds is 1. The minimum atomic E-state index is 0.869. The molecule has 0 radical (unpaired) electrons. The first-order chi connectivity index (χ1) is 7.83. The molecule has 0 atom stereocenters. The molecule has 0 bridgehead atoms. The Kier molecular flexibility index (Phi) is 1.96. The summed E-state index contributed by atoms with van der Waals surface area (Å²) < 4.78 is 0. The molecule has 0 saturated carbocycles. The van der Waals surface area contributed by atoms with Gasteiger partial charge in [-0.1, -0.05) is 6.07 Å². The summed E-state index contributed by atoms with van der Waals surface area (Å²) in [6.07, 6.45) is 3.57. The number of hydrogen-bond donors (Lipinski definition) is 1.